The van der Waals surface area contributed by atoms with Gasteiger partial charge in [-0.05, 0) is 81.8 Å². The second-order valence-corrected chi connectivity index (χ2v) is 12.8. The Morgan fingerprint density at radius 3 is 2.14 bits per heavy atom. The summed E-state index contributed by atoms with van der Waals surface area (Å²) in [7, 11) is 0. The van der Waals surface area contributed by atoms with E-state index in [1.54, 1.807) is 0 Å². The van der Waals surface area contributed by atoms with Crippen LogP contribution in [0.5, 0.6) is 0 Å². The molecular formula is C31H50BrN3O. The molecule has 4 nitrogen and oxygen atoms in total. The van der Waals surface area contributed by atoms with Gasteiger partial charge in [-0.15, -0.1) is 0 Å². The highest BCUT2D eigenvalue weighted by molar-refractivity contribution is 9.09. The number of anilines is 1. The zero-order valence-corrected chi connectivity index (χ0v) is 24.5. The number of nitrogens with one attached hydrogen (secondary N) is 1. The molecular weight excluding hydrogens is 510 g/mol. The lowest BCUT2D eigenvalue weighted by Crippen LogP contribution is -2.59. The quantitative estimate of drug-likeness (QED) is 0.212. The van der Waals surface area contributed by atoms with Gasteiger partial charge in [0.15, 0.2) is 0 Å². The first-order valence-electron chi connectivity index (χ1n) is 15.0. The van der Waals surface area contributed by atoms with Crippen molar-refractivity contribution in [3.8, 4) is 0 Å². The summed E-state index contributed by atoms with van der Waals surface area (Å²) in [6, 6.07) is 11.5. The first kappa shape index (κ1) is 28.0. The van der Waals surface area contributed by atoms with E-state index < -0.39 is 0 Å². The van der Waals surface area contributed by atoms with Crippen molar-refractivity contribution in [2.45, 2.75) is 121 Å². The van der Waals surface area contributed by atoms with Crippen molar-refractivity contribution >= 4 is 27.5 Å². The lowest BCUT2D eigenvalue weighted by Gasteiger charge is -2.48. The zero-order valence-electron chi connectivity index (χ0n) is 22.9. The third-order valence-electron chi connectivity index (χ3n) is 9.46. The van der Waals surface area contributed by atoms with Crippen molar-refractivity contribution in [2.24, 2.45) is 11.8 Å². The normalized spacial score (nSPS) is 26.6. The molecule has 2 heterocycles. The van der Waals surface area contributed by atoms with Gasteiger partial charge < -0.3 is 15.1 Å². The van der Waals surface area contributed by atoms with Crippen LogP contribution in [0.2, 0.25) is 0 Å². The van der Waals surface area contributed by atoms with Crippen molar-refractivity contribution in [3.05, 3.63) is 30.3 Å². The molecule has 5 heteroatoms. The summed E-state index contributed by atoms with van der Waals surface area (Å²) < 4.78 is 0. The molecule has 1 atom stereocenters. The predicted molar refractivity (Wildman–Crippen MR) is 156 cm³/mol. The van der Waals surface area contributed by atoms with E-state index in [4.69, 9.17) is 0 Å². The third-order valence-corrected chi connectivity index (χ3v) is 10.0. The molecule has 0 radical (unpaired) electrons. The van der Waals surface area contributed by atoms with Gasteiger partial charge in [0.2, 0.25) is 5.91 Å². The highest BCUT2D eigenvalue weighted by Crippen LogP contribution is 2.41. The van der Waals surface area contributed by atoms with Gasteiger partial charge in [-0.3, -0.25) is 4.79 Å². The lowest BCUT2D eigenvalue weighted by atomic mass is 9.78. The van der Waals surface area contributed by atoms with Crippen molar-refractivity contribution in [3.63, 3.8) is 0 Å². The number of unbranched alkanes of at least 4 members (excludes halogenated alkanes) is 6. The average molecular weight is 561 g/mol. The van der Waals surface area contributed by atoms with Gasteiger partial charge in [0.05, 0.1) is 0 Å². The van der Waals surface area contributed by atoms with Gasteiger partial charge in [0.25, 0.3) is 0 Å². The number of rotatable bonds is 12. The van der Waals surface area contributed by atoms with E-state index in [1.165, 1.54) is 76.3 Å². The number of carbonyl (C=O) groups excluding carboxylic acids is 1. The number of hydrogen-bond donors (Lipinski definition) is 1. The van der Waals surface area contributed by atoms with Crippen LogP contribution in [0, 0.1) is 11.8 Å². The molecule has 1 spiro atoms. The fourth-order valence-electron chi connectivity index (χ4n) is 7.15. The van der Waals surface area contributed by atoms with E-state index in [2.05, 4.69) is 75.2 Å². The van der Waals surface area contributed by atoms with Crippen LogP contribution in [0.25, 0.3) is 0 Å². The monoisotopic (exact) mass is 559 g/mol. The average Bonchev–Trinajstić information content (AvgIpc) is 3.17. The Balaban J connectivity index is 1.35. The van der Waals surface area contributed by atoms with Gasteiger partial charge in [-0.1, -0.05) is 80.1 Å². The molecule has 1 N–H and O–H groups in total. The SMILES string of the molecule is CC(C)C1CCC(N2CCC3(CC2)C(=O)NC(CCCCCCCCCBr)N3c2ccccc2)CC1. The molecule has 1 aromatic carbocycles. The Kier molecular flexibility index (Phi) is 10.6. The summed E-state index contributed by atoms with van der Waals surface area (Å²) in [6.45, 7) is 6.87. The fraction of sp³-hybridized carbons (Fsp3) is 0.774. The number of carbonyl (C=O) groups is 1. The zero-order chi connectivity index (χ0) is 25.4. The van der Waals surface area contributed by atoms with Crippen LogP contribution in [0.1, 0.15) is 104 Å². The summed E-state index contributed by atoms with van der Waals surface area (Å²) in [6.07, 6.45) is 17.6. The van der Waals surface area contributed by atoms with Crippen LogP contribution < -0.4 is 10.2 Å². The van der Waals surface area contributed by atoms with E-state index in [0.29, 0.717) is 0 Å². The van der Waals surface area contributed by atoms with Gasteiger partial charge in [0.1, 0.15) is 11.7 Å². The van der Waals surface area contributed by atoms with Crippen molar-refractivity contribution in [2.75, 3.05) is 23.3 Å². The van der Waals surface area contributed by atoms with Gasteiger partial charge in [-0.25, -0.2) is 0 Å². The maximum Gasteiger partial charge on any atom is 0.247 e. The van der Waals surface area contributed by atoms with E-state index in [-0.39, 0.29) is 17.6 Å². The highest BCUT2D eigenvalue weighted by Gasteiger charge is 2.54. The number of benzene rings is 1. The van der Waals surface area contributed by atoms with Gasteiger partial charge in [-0.2, -0.15) is 0 Å². The van der Waals surface area contributed by atoms with Crippen LogP contribution >= 0.6 is 15.9 Å². The molecule has 4 rings (SSSR count). The highest BCUT2D eigenvalue weighted by atomic mass is 79.9. The van der Waals surface area contributed by atoms with Gasteiger partial charge >= 0.3 is 0 Å². The maximum atomic E-state index is 13.6. The van der Waals surface area contributed by atoms with E-state index in [0.717, 1.165) is 55.6 Å². The summed E-state index contributed by atoms with van der Waals surface area (Å²) in [5.41, 5.74) is 0.828. The minimum atomic E-state index is -0.382. The number of likely N-dealkylation sites (tertiary alicyclic amines) is 1. The van der Waals surface area contributed by atoms with E-state index in [9.17, 15) is 4.79 Å². The molecule has 202 valence electrons. The standard InChI is InChI=1S/C31H50BrN3O/c1-25(2)26-16-18-27(19-17-26)34-23-20-31(21-24-34)30(36)33-29(35(31)28-13-9-8-10-14-28)15-11-6-4-3-5-7-12-22-32/h8-10,13-14,25-27,29H,3-7,11-12,15-24H2,1-2H3,(H,33,36). The first-order chi connectivity index (χ1) is 17.5. The number of piperidine rings is 1. The molecule has 3 aliphatic rings. The molecule has 36 heavy (non-hydrogen) atoms. The number of para-hydroxylation sites is 1. The van der Waals surface area contributed by atoms with Crippen LogP contribution in [-0.2, 0) is 4.79 Å². The van der Waals surface area contributed by atoms with Crippen molar-refractivity contribution in [1.82, 2.24) is 10.2 Å². The summed E-state index contributed by atoms with van der Waals surface area (Å²) in [5, 5.41) is 4.59. The number of hydrogen-bond acceptors (Lipinski definition) is 3. The Hall–Kier alpha value is -1.07. The second-order valence-electron chi connectivity index (χ2n) is 12.0. The van der Waals surface area contributed by atoms with Crippen molar-refractivity contribution in [1.29, 1.82) is 0 Å². The molecule has 3 fully saturated rings. The topological polar surface area (TPSA) is 35.6 Å². The third kappa shape index (κ3) is 6.67. The number of nitrogens with zero attached hydrogens (tertiary/aromatic N) is 2. The predicted octanol–water partition coefficient (Wildman–Crippen LogP) is 7.51. The molecule has 2 saturated heterocycles. The second kappa shape index (κ2) is 13.6. The molecule has 1 saturated carbocycles. The summed E-state index contributed by atoms with van der Waals surface area (Å²) in [4.78, 5) is 18.8. The van der Waals surface area contributed by atoms with Crippen LogP contribution in [-0.4, -0.2) is 47.0 Å². The maximum absolute atomic E-state index is 13.6. The molecule has 1 aliphatic carbocycles. The largest absolute Gasteiger partial charge is 0.336 e. The first-order valence-corrected chi connectivity index (χ1v) is 16.1. The molecule has 0 aromatic heterocycles. The minimum Gasteiger partial charge on any atom is -0.336 e. The molecule has 1 aromatic rings. The lowest BCUT2D eigenvalue weighted by molar-refractivity contribution is -0.125. The van der Waals surface area contributed by atoms with E-state index >= 15 is 0 Å². The Morgan fingerprint density at radius 2 is 1.53 bits per heavy atom. The molecule has 0 bridgehead atoms. The van der Waals surface area contributed by atoms with Crippen LogP contribution in [0.15, 0.2) is 30.3 Å². The molecule has 1 amide bonds. The summed E-state index contributed by atoms with van der Waals surface area (Å²) >= 11 is 3.53. The summed E-state index contributed by atoms with van der Waals surface area (Å²) in [5.74, 6) is 1.99. The smallest absolute Gasteiger partial charge is 0.247 e. The number of amides is 1. The number of alkyl halides is 1. The van der Waals surface area contributed by atoms with E-state index in [1.807, 2.05) is 0 Å². The number of halogens is 1. The minimum absolute atomic E-state index is 0.126. The van der Waals surface area contributed by atoms with Gasteiger partial charge in [0, 0.05) is 30.1 Å². The van der Waals surface area contributed by atoms with Crippen LogP contribution in [0.3, 0.4) is 0 Å². The van der Waals surface area contributed by atoms with Crippen LogP contribution in [0.4, 0.5) is 5.69 Å². The Bertz CT molecular complexity index is 784. The molecule has 2 aliphatic heterocycles. The fourth-order valence-corrected chi connectivity index (χ4v) is 7.55. The Morgan fingerprint density at radius 1 is 0.917 bits per heavy atom. The molecule has 1 unspecified atom stereocenters. The van der Waals surface area contributed by atoms with Crippen molar-refractivity contribution < 1.29 is 4.79 Å². The Labute approximate surface area is 229 Å².